The zero-order valence-electron chi connectivity index (χ0n) is 12.6. The third-order valence-corrected chi connectivity index (χ3v) is 3.01. The third kappa shape index (κ3) is 4.57. The molecule has 3 nitrogen and oxygen atoms in total. The van der Waals surface area contributed by atoms with Gasteiger partial charge in [-0.25, -0.2) is 0 Å². The van der Waals surface area contributed by atoms with Crippen molar-refractivity contribution in [2.75, 3.05) is 0 Å². The average molecular weight is 260 g/mol. The van der Waals surface area contributed by atoms with Gasteiger partial charge in [-0.05, 0) is 37.0 Å². The number of nitriles is 1. The van der Waals surface area contributed by atoms with Crippen molar-refractivity contribution < 1.29 is 4.74 Å². The molecule has 1 unspecified atom stereocenters. The average Bonchev–Trinajstić information content (AvgIpc) is 2.36. The second-order valence-corrected chi connectivity index (χ2v) is 5.24. The lowest BCUT2D eigenvalue weighted by atomic mass is 10.1. The van der Waals surface area contributed by atoms with Gasteiger partial charge in [-0.1, -0.05) is 32.9 Å². The number of hydrogen-bond acceptors (Lipinski definition) is 3. The molecule has 0 fully saturated rings. The molecule has 0 saturated carbocycles. The molecule has 0 aliphatic carbocycles. The molecule has 1 N–H and O–H groups in total. The largest absolute Gasteiger partial charge is 0.475 e. The zero-order valence-corrected chi connectivity index (χ0v) is 12.6. The van der Waals surface area contributed by atoms with Gasteiger partial charge in [0.1, 0.15) is 11.8 Å². The van der Waals surface area contributed by atoms with E-state index in [4.69, 9.17) is 10.00 Å². The Morgan fingerprint density at radius 1 is 1.26 bits per heavy atom. The highest BCUT2D eigenvalue weighted by atomic mass is 16.5. The van der Waals surface area contributed by atoms with E-state index in [1.807, 2.05) is 20.8 Å². The number of nitrogens with one attached hydrogen (secondary N) is 1. The molecule has 3 heteroatoms. The zero-order chi connectivity index (χ0) is 14.4. The Labute approximate surface area is 116 Å². The summed E-state index contributed by atoms with van der Waals surface area (Å²) >= 11 is 0. The van der Waals surface area contributed by atoms with Crippen LogP contribution in [0.3, 0.4) is 0 Å². The Morgan fingerprint density at radius 2 is 1.84 bits per heavy atom. The summed E-state index contributed by atoms with van der Waals surface area (Å²) in [6.07, 6.45) is 0.337. The SMILES string of the molecule is CCC(C#N)Oc1c(C)cc(CNC(C)C)cc1C. The number of rotatable bonds is 6. The van der Waals surface area contributed by atoms with E-state index in [1.165, 1.54) is 5.56 Å². The predicted octanol–water partition coefficient (Wildman–Crippen LogP) is 3.48. The molecule has 0 aromatic heterocycles. The molecule has 0 saturated heterocycles. The second-order valence-electron chi connectivity index (χ2n) is 5.24. The van der Waals surface area contributed by atoms with Crippen LogP contribution in [0.2, 0.25) is 0 Å². The van der Waals surface area contributed by atoms with Crippen LogP contribution in [-0.2, 0) is 6.54 Å². The molecule has 1 rings (SSSR count). The number of hydrogen-bond donors (Lipinski definition) is 1. The van der Waals surface area contributed by atoms with E-state index >= 15 is 0 Å². The fourth-order valence-corrected chi connectivity index (χ4v) is 1.99. The maximum absolute atomic E-state index is 8.98. The molecule has 0 aliphatic heterocycles. The smallest absolute Gasteiger partial charge is 0.184 e. The van der Waals surface area contributed by atoms with Crippen LogP contribution < -0.4 is 10.1 Å². The Bertz CT molecular complexity index is 437. The maximum atomic E-state index is 8.98. The lowest BCUT2D eigenvalue weighted by Crippen LogP contribution is -2.22. The van der Waals surface area contributed by atoms with Crippen molar-refractivity contribution >= 4 is 0 Å². The van der Waals surface area contributed by atoms with Gasteiger partial charge in [0.2, 0.25) is 0 Å². The van der Waals surface area contributed by atoms with Crippen molar-refractivity contribution in [3.63, 3.8) is 0 Å². The highest BCUT2D eigenvalue weighted by molar-refractivity contribution is 5.43. The van der Waals surface area contributed by atoms with E-state index in [0.717, 1.165) is 23.4 Å². The monoisotopic (exact) mass is 260 g/mol. The van der Waals surface area contributed by atoms with E-state index in [2.05, 4.69) is 37.4 Å². The molecule has 0 spiro atoms. The molecule has 0 bridgehead atoms. The van der Waals surface area contributed by atoms with Gasteiger partial charge in [0.25, 0.3) is 0 Å². The van der Waals surface area contributed by atoms with E-state index in [1.54, 1.807) is 0 Å². The molecule has 104 valence electrons. The van der Waals surface area contributed by atoms with E-state index < -0.39 is 0 Å². The summed E-state index contributed by atoms with van der Waals surface area (Å²) in [6.45, 7) is 11.1. The molecular formula is C16H24N2O. The van der Waals surface area contributed by atoms with E-state index in [0.29, 0.717) is 12.5 Å². The molecule has 19 heavy (non-hydrogen) atoms. The highest BCUT2D eigenvalue weighted by Gasteiger charge is 2.12. The first-order valence-electron chi connectivity index (χ1n) is 6.87. The normalized spacial score (nSPS) is 12.3. The maximum Gasteiger partial charge on any atom is 0.184 e. The Balaban J connectivity index is 2.88. The molecule has 1 aromatic carbocycles. The lowest BCUT2D eigenvalue weighted by Gasteiger charge is -2.17. The lowest BCUT2D eigenvalue weighted by molar-refractivity contribution is 0.248. The van der Waals surface area contributed by atoms with Gasteiger partial charge >= 0.3 is 0 Å². The van der Waals surface area contributed by atoms with Crippen LogP contribution >= 0.6 is 0 Å². The summed E-state index contributed by atoms with van der Waals surface area (Å²) < 4.78 is 5.77. The molecule has 0 amide bonds. The fourth-order valence-electron chi connectivity index (χ4n) is 1.99. The molecule has 1 aromatic rings. The van der Waals surface area contributed by atoms with Crippen molar-refractivity contribution in [3.05, 3.63) is 28.8 Å². The van der Waals surface area contributed by atoms with E-state index in [9.17, 15) is 0 Å². The third-order valence-electron chi connectivity index (χ3n) is 3.01. The summed E-state index contributed by atoms with van der Waals surface area (Å²) in [5, 5.41) is 12.4. The Hall–Kier alpha value is -1.53. The number of aryl methyl sites for hydroxylation is 2. The van der Waals surface area contributed by atoms with Crippen LogP contribution in [0.5, 0.6) is 5.75 Å². The topological polar surface area (TPSA) is 45.0 Å². The van der Waals surface area contributed by atoms with E-state index in [-0.39, 0.29) is 6.10 Å². The summed E-state index contributed by atoms with van der Waals surface area (Å²) in [4.78, 5) is 0. The summed E-state index contributed by atoms with van der Waals surface area (Å²) in [5.74, 6) is 0.849. The van der Waals surface area contributed by atoms with Gasteiger partial charge in [-0.2, -0.15) is 5.26 Å². The molecule has 0 aliphatic rings. The van der Waals surface area contributed by atoms with Crippen molar-refractivity contribution in [2.45, 2.75) is 59.7 Å². The van der Waals surface area contributed by atoms with Crippen molar-refractivity contribution in [2.24, 2.45) is 0 Å². The minimum absolute atomic E-state index is 0.364. The van der Waals surface area contributed by atoms with Crippen LogP contribution in [0, 0.1) is 25.2 Å². The number of ether oxygens (including phenoxy) is 1. The Morgan fingerprint density at radius 3 is 2.26 bits per heavy atom. The molecule has 0 radical (unpaired) electrons. The van der Waals surface area contributed by atoms with Crippen molar-refractivity contribution in [1.82, 2.24) is 5.32 Å². The number of nitrogens with zero attached hydrogens (tertiary/aromatic N) is 1. The van der Waals surface area contributed by atoms with Gasteiger partial charge in [-0.3, -0.25) is 0 Å². The molecule has 1 atom stereocenters. The summed E-state index contributed by atoms with van der Waals surface area (Å²) in [7, 11) is 0. The second kappa shape index (κ2) is 7.16. The van der Waals surface area contributed by atoms with Gasteiger partial charge in [0.15, 0.2) is 6.10 Å². The Kier molecular flexibility index (Phi) is 5.85. The molecular weight excluding hydrogens is 236 g/mol. The minimum Gasteiger partial charge on any atom is -0.475 e. The van der Waals surface area contributed by atoms with Gasteiger partial charge in [0, 0.05) is 12.6 Å². The summed E-state index contributed by atoms with van der Waals surface area (Å²) in [5.41, 5.74) is 3.43. The van der Waals surface area contributed by atoms with Gasteiger partial charge < -0.3 is 10.1 Å². The quantitative estimate of drug-likeness (QED) is 0.851. The standard InChI is InChI=1S/C16H24N2O/c1-6-15(9-17)19-16-12(4)7-14(8-13(16)5)10-18-11(2)3/h7-8,11,15,18H,6,10H2,1-5H3. The number of benzene rings is 1. The first-order chi connectivity index (χ1) is 8.97. The first-order valence-corrected chi connectivity index (χ1v) is 6.87. The van der Waals surface area contributed by atoms with Crippen LogP contribution in [0.4, 0.5) is 0 Å². The van der Waals surface area contributed by atoms with Crippen molar-refractivity contribution in [3.8, 4) is 11.8 Å². The van der Waals surface area contributed by atoms with Gasteiger partial charge in [-0.15, -0.1) is 0 Å². The van der Waals surface area contributed by atoms with Crippen LogP contribution in [0.15, 0.2) is 12.1 Å². The molecule has 0 heterocycles. The highest BCUT2D eigenvalue weighted by Crippen LogP contribution is 2.26. The van der Waals surface area contributed by atoms with Crippen LogP contribution in [-0.4, -0.2) is 12.1 Å². The van der Waals surface area contributed by atoms with Crippen LogP contribution in [0.1, 0.15) is 43.9 Å². The van der Waals surface area contributed by atoms with Crippen molar-refractivity contribution in [1.29, 1.82) is 5.26 Å². The predicted molar refractivity (Wildman–Crippen MR) is 78.2 cm³/mol. The fraction of sp³-hybridized carbons (Fsp3) is 0.562. The minimum atomic E-state index is -0.364. The van der Waals surface area contributed by atoms with Crippen LogP contribution in [0.25, 0.3) is 0 Å². The summed E-state index contributed by atoms with van der Waals surface area (Å²) in [6, 6.07) is 6.90. The van der Waals surface area contributed by atoms with Gasteiger partial charge in [0.05, 0.1) is 0 Å². The first kappa shape index (κ1) is 15.5.